The Morgan fingerprint density at radius 2 is 2.20 bits per heavy atom. The summed E-state index contributed by atoms with van der Waals surface area (Å²) in [5, 5.41) is 18.4. The van der Waals surface area contributed by atoms with E-state index in [9.17, 15) is 9.90 Å². The Balaban J connectivity index is 3.37. The van der Waals surface area contributed by atoms with E-state index in [-0.39, 0.29) is 22.1 Å². The molecule has 4 N–H and O–H groups in total. The number of aliphatic carboxylic acids is 1. The molecule has 6 heteroatoms. The highest BCUT2D eigenvalue weighted by Gasteiger charge is 2.24. The van der Waals surface area contributed by atoms with E-state index in [1.165, 1.54) is 19.2 Å². The molecule has 0 spiro atoms. The Labute approximate surface area is 91.0 Å². The summed E-state index contributed by atoms with van der Waals surface area (Å²) in [6.07, 6.45) is 0. The van der Waals surface area contributed by atoms with Crippen LogP contribution in [0.2, 0.25) is 5.02 Å². The fraction of sp³-hybridized carbons (Fsp3) is 0.222. The second-order valence-corrected chi connectivity index (χ2v) is 3.24. The van der Waals surface area contributed by atoms with E-state index in [1.807, 2.05) is 0 Å². The minimum Gasteiger partial charge on any atom is -0.507 e. The third kappa shape index (κ3) is 2.14. The minimum atomic E-state index is -1.38. The van der Waals surface area contributed by atoms with E-state index in [2.05, 4.69) is 0 Å². The summed E-state index contributed by atoms with van der Waals surface area (Å²) in [6, 6.07) is 1.29. The first-order valence-corrected chi connectivity index (χ1v) is 4.40. The number of carbonyl (C=O) groups is 1. The van der Waals surface area contributed by atoms with E-state index >= 15 is 0 Å². The molecule has 0 aromatic heterocycles. The minimum absolute atomic E-state index is 0.0301. The maximum Gasteiger partial charge on any atom is 0.325 e. The lowest BCUT2D eigenvalue weighted by atomic mass is 10.1. The zero-order chi connectivity index (χ0) is 11.6. The molecule has 1 rings (SSSR count). The summed E-state index contributed by atoms with van der Waals surface area (Å²) >= 11 is 5.77. The van der Waals surface area contributed by atoms with Crippen molar-refractivity contribution in [3.05, 3.63) is 22.7 Å². The highest BCUT2D eigenvalue weighted by atomic mass is 35.5. The Bertz CT molecular complexity index is 394. The molecule has 0 aliphatic rings. The lowest BCUT2D eigenvalue weighted by Crippen LogP contribution is -2.21. The Kier molecular flexibility index (Phi) is 3.39. The second kappa shape index (κ2) is 4.37. The average Bonchev–Trinajstić information content (AvgIpc) is 2.19. The lowest BCUT2D eigenvalue weighted by Gasteiger charge is -2.14. The standard InChI is InChI=1S/C9H10ClNO4/c1-15-8-4(10)2-3-5(12)6(8)7(11)9(13)14/h2-3,7,12H,11H2,1H3,(H,13,14). The van der Waals surface area contributed by atoms with E-state index < -0.39 is 12.0 Å². The average molecular weight is 232 g/mol. The quantitative estimate of drug-likeness (QED) is 0.725. The van der Waals surface area contributed by atoms with Crippen LogP contribution < -0.4 is 10.5 Å². The van der Waals surface area contributed by atoms with Crippen molar-refractivity contribution in [2.24, 2.45) is 5.73 Å². The predicted octanol–water partition coefficient (Wildman–Crippen LogP) is 1.14. The monoisotopic (exact) mass is 231 g/mol. The number of ether oxygens (including phenoxy) is 1. The third-order valence-corrected chi connectivity index (χ3v) is 2.20. The van der Waals surface area contributed by atoms with Crippen LogP contribution in [0, 0.1) is 0 Å². The SMILES string of the molecule is COc1c(Cl)ccc(O)c1C(N)C(=O)O. The van der Waals surface area contributed by atoms with Gasteiger partial charge in [0.1, 0.15) is 17.5 Å². The van der Waals surface area contributed by atoms with Crippen molar-refractivity contribution in [3.63, 3.8) is 0 Å². The number of aromatic hydroxyl groups is 1. The summed E-state index contributed by atoms with van der Waals surface area (Å²) in [4.78, 5) is 10.7. The molecule has 0 heterocycles. The van der Waals surface area contributed by atoms with Crippen molar-refractivity contribution < 1.29 is 19.7 Å². The van der Waals surface area contributed by atoms with Crippen LogP contribution in [0.1, 0.15) is 11.6 Å². The van der Waals surface area contributed by atoms with E-state index in [0.29, 0.717) is 0 Å². The number of halogens is 1. The zero-order valence-corrected chi connectivity index (χ0v) is 8.65. The molecule has 82 valence electrons. The van der Waals surface area contributed by atoms with Gasteiger partial charge < -0.3 is 20.7 Å². The fourth-order valence-electron chi connectivity index (χ4n) is 1.19. The molecule has 0 radical (unpaired) electrons. The molecule has 1 unspecified atom stereocenters. The highest BCUT2D eigenvalue weighted by Crippen LogP contribution is 2.38. The van der Waals surface area contributed by atoms with Crippen molar-refractivity contribution in [1.29, 1.82) is 0 Å². The van der Waals surface area contributed by atoms with Crippen LogP contribution in [0.3, 0.4) is 0 Å². The van der Waals surface area contributed by atoms with Gasteiger partial charge in [-0.25, -0.2) is 0 Å². The number of methoxy groups -OCH3 is 1. The van der Waals surface area contributed by atoms with Gasteiger partial charge in [-0.1, -0.05) is 11.6 Å². The fourth-order valence-corrected chi connectivity index (χ4v) is 1.44. The van der Waals surface area contributed by atoms with Gasteiger partial charge >= 0.3 is 5.97 Å². The highest BCUT2D eigenvalue weighted by molar-refractivity contribution is 6.32. The van der Waals surface area contributed by atoms with Gasteiger partial charge in [0.05, 0.1) is 17.7 Å². The maximum absolute atomic E-state index is 10.7. The topological polar surface area (TPSA) is 92.8 Å². The van der Waals surface area contributed by atoms with Gasteiger partial charge in [0, 0.05) is 0 Å². The molecular weight excluding hydrogens is 222 g/mol. The lowest BCUT2D eigenvalue weighted by molar-refractivity contribution is -0.138. The molecule has 1 aromatic carbocycles. The molecule has 5 nitrogen and oxygen atoms in total. The molecular formula is C9H10ClNO4. The molecule has 0 amide bonds. The molecule has 0 fully saturated rings. The normalized spacial score (nSPS) is 12.2. The first-order valence-electron chi connectivity index (χ1n) is 4.02. The smallest absolute Gasteiger partial charge is 0.325 e. The van der Waals surface area contributed by atoms with Crippen LogP contribution in [0.4, 0.5) is 0 Å². The summed E-state index contributed by atoms with van der Waals surface area (Å²) in [7, 11) is 1.32. The number of benzene rings is 1. The van der Waals surface area contributed by atoms with Gasteiger partial charge in [-0.05, 0) is 12.1 Å². The van der Waals surface area contributed by atoms with E-state index in [1.54, 1.807) is 0 Å². The van der Waals surface area contributed by atoms with Crippen molar-refractivity contribution in [2.45, 2.75) is 6.04 Å². The third-order valence-electron chi connectivity index (χ3n) is 1.91. The number of hydrogen-bond donors (Lipinski definition) is 3. The maximum atomic E-state index is 10.7. The number of carboxylic acid groups (broad SMARTS) is 1. The Morgan fingerprint density at radius 3 is 2.67 bits per heavy atom. The van der Waals surface area contributed by atoms with Crippen LogP contribution in [-0.2, 0) is 4.79 Å². The summed E-state index contributed by atoms with van der Waals surface area (Å²) in [5.74, 6) is -1.46. The van der Waals surface area contributed by atoms with Crippen LogP contribution in [0.5, 0.6) is 11.5 Å². The first-order chi connectivity index (χ1) is 6.99. The molecule has 0 saturated heterocycles. The van der Waals surface area contributed by atoms with Gasteiger partial charge in [0.2, 0.25) is 0 Å². The number of rotatable bonds is 3. The van der Waals surface area contributed by atoms with Crippen molar-refractivity contribution >= 4 is 17.6 Å². The molecule has 0 bridgehead atoms. The van der Waals surface area contributed by atoms with Crippen molar-refractivity contribution in [2.75, 3.05) is 7.11 Å². The Hall–Kier alpha value is -1.46. The number of phenolic OH excluding ortho intramolecular Hbond substituents is 1. The van der Waals surface area contributed by atoms with Crippen LogP contribution in [0.15, 0.2) is 12.1 Å². The Morgan fingerprint density at radius 1 is 1.60 bits per heavy atom. The van der Waals surface area contributed by atoms with Gasteiger partial charge in [0.25, 0.3) is 0 Å². The predicted molar refractivity (Wildman–Crippen MR) is 54.2 cm³/mol. The molecule has 15 heavy (non-hydrogen) atoms. The van der Waals surface area contributed by atoms with Crippen LogP contribution in [0.25, 0.3) is 0 Å². The summed E-state index contributed by atoms with van der Waals surface area (Å²) in [5.41, 5.74) is 5.36. The largest absolute Gasteiger partial charge is 0.507 e. The number of phenols is 1. The van der Waals surface area contributed by atoms with Gasteiger partial charge in [-0.15, -0.1) is 0 Å². The van der Waals surface area contributed by atoms with E-state index in [4.69, 9.17) is 27.2 Å². The van der Waals surface area contributed by atoms with Gasteiger partial charge in [-0.2, -0.15) is 0 Å². The van der Waals surface area contributed by atoms with Gasteiger partial charge in [0.15, 0.2) is 0 Å². The summed E-state index contributed by atoms with van der Waals surface area (Å²) < 4.78 is 4.89. The molecule has 1 atom stereocenters. The van der Waals surface area contributed by atoms with E-state index in [0.717, 1.165) is 0 Å². The van der Waals surface area contributed by atoms with Crippen LogP contribution in [-0.4, -0.2) is 23.3 Å². The number of nitrogens with two attached hydrogens (primary N) is 1. The van der Waals surface area contributed by atoms with Crippen LogP contribution >= 0.6 is 11.6 Å². The number of carboxylic acids is 1. The molecule has 0 aliphatic carbocycles. The first kappa shape index (κ1) is 11.6. The summed E-state index contributed by atoms with van der Waals surface area (Å²) in [6.45, 7) is 0. The zero-order valence-electron chi connectivity index (χ0n) is 7.90. The van der Waals surface area contributed by atoms with Crippen molar-refractivity contribution in [1.82, 2.24) is 0 Å². The molecule has 1 aromatic rings. The molecule has 0 aliphatic heterocycles. The van der Waals surface area contributed by atoms with Gasteiger partial charge in [-0.3, -0.25) is 4.79 Å². The van der Waals surface area contributed by atoms with Crippen molar-refractivity contribution in [3.8, 4) is 11.5 Å². The number of hydrogen-bond acceptors (Lipinski definition) is 4. The second-order valence-electron chi connectivity index (χ2n) is 2.83. The molecule has 0 saturated carbocycles.